The second-order valence-electron chi connectivity index (χ2n) is 3.90. The molecule has 0 saturated carbocycles. The number of hydrogen-bond donors (Lipinski definition) is 1. The summed E-state index contributed by atoms with van der Waals surface area (Å²) in [5, 5.41) is 3.07. The fraction of sp³-hybridized carbons (Fsp3) is 0.583. The Labute approximate surface area is 86.8 Å². The molecular weight excluding hydrogens is 172 g/mol. The molecule has 2 heteroatoms. The van der Waals surface area contributed by atoms with E-state index in [0.29, 0.717) is 12.6 Å². The maximum Gasteiger partial charge on any atom is 0.108 e. The van der Waals surface area contributed by atoms with Gasteiger partial charge < -0.3 is 5.32 Å². The summed E-state index contributed by atoms with van der Waals surface area (Å²) >= 11 is 0. The van der Waals surface area contributed by atoms with Crippen LogP contribution in [0.5, 0.6) is 0 Å². The quantitative estimate of drug-likeness (QED) is 0.730. The molecule has 0 spiro atoms. The second-order valence-corrected chi connectivity index (χ2v) is 3.90. The lowest BCUT2D eigenvalue weighted by Crippen LogP contribution is -2.15. The highest BCUT2D eigenvalue weighted by Gasteiger charge is 2.09. The molecule has 0 aromatic rings. The van der Waals surface area contributed by atoms with Gasteiger partial charge in [0.2, 0.25) is 0 Å². The molecule has 0 atom stereocenters. The Bertz CT molecular complexity index is 283. The molecule has 0 radical (unpaired) electrons. The molecule has 0 saturated heterocycles. The van der Waals surface area contributed by atoms with Crippen LogP contribution in [0, 0.1) is 5.92 Å². The molecule has 0 aromatic carbocycles. The number of hydrogen-bond acceptors (Lipinski definition) is 2. The van der Waals surface area contributed by atoms with Crippen molar-refractivity contribution < 1.29 is 0 Å². The fourth-order valence-electron chi connectivity index (χ4n) is 1.89. The highest BCUT2D eigenvalue weighted by molar-refractivity contribution is 6.08. The van der Waals surface area contributed by atoms with Gasteiger partial charge in [-0.2, -0.15) is 0 Å². The summed E-state index contributed by atoms with van der Waals surface area (Å²) in [6.45, 7) is 9.58. The van der Waals surface area contributed by atoms with Crippen LogP contribution in [0.3, 0.4) is 0 Å². The van der Waals surface area contributed by atoms with E-state index in [-0.39, 0.29) is 0 Å². The van der Waals surface area contributed by atoms with Crippen molar-refractivity contribution in [3.63, 3.8) is 0 Å². The van der Waals surface area contributed by atoms with Gasteiger partial charge in [-0.1, -0.05) is 26.3 Å². The molecule has 0 fully saturated rings. The van der Waals surface area contributed by atoms with Crippen molar-refractivity contribution >= 4 is 5.71 Å². The van der Waals surface area contributed by atoms with Crippen molar-refractivity contribution in [2.45, 2.75) is 34.1 Å². The Morgan fingerprint density at radius 1 is 1.57 bits per heavy atom. The minimum Gasteiger partial charge on any atom is -0.372 e. The van der Waals surface area contributed by atoms with E-state index in [4.69, 9.17) is 0 Å². The van der Waals surface area contributed by atoms with Crippen LogP contribution in [0.2, 0.25) is 0 Å². The molecule has 0 aromatic heterocycles. The molecular formula is C12H20N2. The van der Waals surface area contributed by atoms with Gasteiger partial charge in [0.05, 0.1) is 5.71 Å². The second kappa shape index (κ2) is 4.99. The van der Waals surface area contributed by atoms with E-state index in [0.717, 1.165) is 12.1 Å². The Morgan fingerprint density at radius 3 is 2.71 bits per heavy atom. The number of rotatable bonds is 3. The topological polar surface area (TPSA) is 24.4 Å². The van der Waals surface area contributed by atoms with Gasteiger partial charge in [0.1, 0.15) is 6.67 Å². The molecule has 0 unspecified atom stereocenters. The molecule has 0 amide bonds. The summed E-state index contributed by atoms with van der Waals surface area (Å²) in [5.74, 6) is 0.617. The zero-order chi connectivity index (χ0) is 10.6. The average molecular weight is 192 g/mol. The summed E-state index contributed by atoms with van der Waals surface area (Å²) in [7, 11) is 0. The van der Waals surface area contributed by atoms with Gasteiger partial charge in [-0.3, -0.25) is 4.99 Å². The summed E-state index contributed by atoms with van der Waals surface area (Å²) in [6, 6.07) is 0. The zero-order valence-corrected chi connectivity index (χ0v) is 9.59. The zero-order valence-electron chi connectivity index (χ0n) is 9.59. The number of allylic oxidation sites excluding steroid dienone is 3. The summed E-state index contributed by atoms with van der Waals surface area (Å²) < 4.78 is 0. The SMILES string of the molecule is CC/C(=C(\C)C1=NCNC=C1)C(C)C. The van der Waals surface area contributed by atoms with Crippen molar-refractivity contribution in [2.75, 3.05) is 6.67 Å². The van der Waals surface area contributed by atoms with Crippen LogP contribution in [0.15, 0.2) is 28.4 Å². The third-order valence-corrected chi connectivity index (χ3v) is 2.64. The van der Waals surface area contributed by atoms with Gasteiger partial charge in [0.25, 0.3) is 0 Å². The van der Waals surface area contributed by atoms with E-state index in [9.17, 15) is 0 Å². The lowest BCUT2D eigenvalue weighted by atomic mass is 9.93. The number of aliphatic imine (C=N–C) groups is 1. The van der Waals surface area contributed by atoms with E-state index in [1.54, 1.807) is 0 Å². The Hall–Kier alpha value is -1.05. The monoisotopic (exact) mass is 192 g/mol. The van der Waals surface area contributed by atoms with Gasteiger partial charge in [-0.25, -0.2) is 0 Å². The normalized spacial score (nSPS) is 17.6. The fourth-order valence-corrected chi connectivity index (χ4v) is 1.89. The minimum atomic E-state index is 0.617. The maximum absolute atomic E-state index is 4.44. The first-order valence-electron chi connectivity index (χ1n) is 5.31. The average Bonchev–Trinajstić information content (AvgIpc) is 2.19. The molecule has 1 aliphatic rings. The predicted molar refractivity (Wildman–Crippen MR) is 62.4 cm³/mol. The Kier molecular flexibility index (Phi) is 3.93. The Balaban J connectivity index is 2.94. The molecule has 1 N–H and O–H groups in total. The lowest BCUT2D eigenvalue weighted by molar-refractivity contribution is 0.724. The van der Waals surface area contributed by atoms with Crippen molar-refractivity contribution in [2.24, 2.45) is 10.9 Å². The first kappa shape index (κ1) is 11.0. The number of nitrogens with zero attached hydrogens (tertiary/aromatic N) is 1. The molecule has 0 bridgehead atoms. The van der Waals surface area contributed by atoms with E-state index < -0.39 is 0 Å². The van der Waals surface area contributed by atoms with Crippen LogP contribution in [-0.2, 0) is 0 Å². The van der Waals surface area contributed by atoms with Crippen molar-refractivity contribution in [1.82, 2.24) is 5.32 Å². The Morgan fingerprint density at radius 2 is 2.29 bits per heavy atom. The van der Waals surface area contributed by atoms with E-state index in [1.807, 2.05) is 6.20 Å². The van der Waals surface area contributed by atoms with Crippen LogP contribution in [0.25, 0.3) is 0 Å². The highest BCUT2D eigenvalue weighted by Crippen LogP contribution is 2.20. The lowest BCUT2D eigenvalue weighted by Gasteiger charge is -2.16. The largest absolute Gasteiger partial charge is 0.372 e. The van der Waals surface area contributed by atoms with E-state index in [2.05, 4.69) is 44.1 Å². The minimum absolute atomic E-state index is 0.617. The van der Waals surface area contributed by atoms with E-state index >= 15 is 0 Å². The molecule has 0 aliphatic carbocycles. The van der Waals surface area contributed by atoms with Gasteiger partial charge in [0.15, 0.2) is 0 Å². The molecule has 1 heterocycles. The number of nitrogens with one attached hydrogen (secondary N) is 1. The predicted octanol–water partition coefficient (Wildman–Crippen LogP) is 2.88. The molecule has 2 nitrogen and oxygen atoms in total. The van der Waals surface area contributed by atoms with E-state index in [1.165, 1.54) is 11.1 Å². The van der Waals surface area contributed by atoms with Gasteiger partial charge in [-0.15, -0.1) is 0 Å². The third-order valence-electron chi connectivity index (χ3n) is 2.64. The van der Waals surface area contributed by atoms with Crippen LogP contribution >= 0.6 is 0 Å². The van der Waals surface area contributed by atoms with Gasteiger partial charge in [-0.05, 0) is 37.1 Å². The maximum atomic E-state index is 4.44. The molecule has 14 heavy (non-hydrogen) atoms. The van der Waals surface area contributed by atoms with Crippen molar-refractivity contribution in [3.8, 4) is 0 Å². The summed E-state index contributed by atoms with van der Waals surface area (Å²) in [4.78, 5) is 4.44. The van der Waals surface area contributed by atoms with Crippen LogP contribution in [0.4, 0.5) is 0 Å². The van der Waals surface area contributed by atoms with Crippen molar-refractivity contribution in [1.29, 1.82) is 0 Å². The van der Waals surface area contributed by atoms with Crippen LogP contribution in [-0.4, -0.2) is 12.4 Å². The van der Waals surface area contributed by atoms with Gasteiger partial charge in [0, 0.05) is 0 Å². The highest BCUT2D eigenvalue weighted by atomic mass is 15.0. The molecule has 78 valence electrons. The standard InChI is InChI=1S/C12H20N2/c1-5-11(9(2)3)10(4)12-6-7-13-8-14-12/h6-7,9,13H,5,8H2,1-4H3/b11-10-. The first-order valence-corrected chi connectivity index (χ1v) is 5.31. The third kappa shape index (κ3) is 2.47. The van der Waals surface area contributed by atoms with Crippen LogP contribution in [0.1, 0.15) is 34.1 Å². The first-order chi connectivity index (χ1) is 6.66. The van der Waals surface area contributed by atoms with Crippen LogP contribution < -0.4 is 5.32 Å². The van der Waals surface area contributed by atoms with Crippen molar-refractivity contribution in [3.05, 3.63) is 23.4 Å². The summed E-state index contributed by atoms with van der Waals surface area (Å²) in [6.07, 6.45) is 5.14. The smallest absolute Gasteiger partial charge is 0.108 e. The summed E-state index contributed by atoms with van der Waals surface area (Å²) in [5.41, 5.74) is 3.99. The van der Waals surface area contributed by atoms with Gasteiger partial charge >= 0.3 is 0 Å². The molecule has 1 aliphatic heterocycles. The molecule has 1 rings (SSSR count).